The summed E-state index contributed by atoms with van der Waals surface area (Å²) in [5, 5.41) is 8.78. The van der Waals surface area contributed by atoms with E-state index >= 15 is 0 Å². The molecule has 8 nitrogen and oxygen atoms in total. The molecule has 132 valence electrons. The van der Waals surface area contributed by atoms with Gasteiger partial charge in [-0.15, -0.1) is 0 Å². The lowest BCUT2D eigenvalue weighted by Crippen LogP contribution is -2.07. The van der Waals surface area contributed by atoms with Crippen LogP contribution in [0.25, 0.3) is 22.4 Å². The molecule has 26 heavy (non-hydrogen) atoms. The van der Waals surface area contributed by atoms with Gasteiger partial charge in [0.25, 0.3) is 0 Å². The van der Waals surface area contributed by atoms with Gasteiger partial charge in [0.15, 0.2) is 11.6 Å². The smallest absolute Gasteiger partial charge is 0.172 e. The lowest BCUT2D eigenvalue weighted by molar-refractivity contribution is 0.526. The van der Waals surface area contributed by atoms with Crippen molar-refractivity contribution in [1.29, 1.82) is 0 Å². The lowest BCUT2D eigenvalue weighted by atomic mass is 10.1. The molecule has 3 heterocycles. The van der Waals surface area contributed by atoms with E-state index in [0.717, 1.165) is 33.8 Å². The Balaban J connectivity index is 1.79. The summed E-state index contributed by atoms with van der Waals surface area (Å²) >= 11 is 0. The fourth-order valence-electron chi connectivity index (χ4n) is 2.82. The SMILES string of the molecule is Cc1nc2ccc(-c3nc(Cn4cncn4)nn3C(C)C)cc2nc1C. The highest BCUT2D eigenvalue weighted by Gasteiger charge is 2.16. The van der Waals surface area contributed by atoms with E-state index in [1.807, 2.05) is 36.7 Å². The van der Waals surface area contributed by atoms with Crippen molar-refractivity contribution in [2.24, 2.45) is 0 Å². The Kier molecular flexibility index (Phi) is 3.95. The second-order valence-electron chi connectivity index (χ2n) is 6.58. The number of rotatable bonds is 4. The van der Waals surface area contributed by atoms with Crippen LogP contribution in [-0.2, 0) is 6.54 Å². The number of hydrogen-bond acceptors (Lipinski definition) is 6. The number of hydrogen-bond donors (Lipinski definition) is 0. The van der Waals surface area contributed by atoms with Gasteiger partial charge in [-0.25, -0.2) is 29.3 Å². The average molecular weight is 348 g/mol. The molecular weight excluding hydrogens is 328 g/mol. The molecule has 0 spiro atoms. The Morgan fingerprint density at radius 3 is 2.46 bits per heavy atom. The first-order chi connectivity index (χ1) is 12.5. The number of aryl methyl sites for hydroxylation is 2. The van der Waals surface area contributed by atoms with E-state index in [9.17, 15) is 0 Å². The molecule has 1 aromatic carbocycles. The molecule has 3 aromatic heterocycles. The van der Waals surface area contributed by atoms with Crippen molar-refractivity contribution in [3.8, 4) is 11.4 Å². The monoisotopic (exact) mass is 348 g/mol. The predicted octanol–water partition coefficient (Wildman–Crippen LogP) is 2.73. The van der Waals surface area contributed by atoms with Crippen molar-refractivity contribution in [2.45, 2.75) is 40.3 Å². The molecule has 0 atom stereocenters. The topological polar surface area (TPSA) is 87.2 Å². The third-order valence-corrected chi connectivity index (χ3v) is 4.27. The highest BCUT2D eigenvalue weighted by molar-refractivity contribution is 5.80. The number of benzene rings is 1. The van der Waals surface area contributed by atoms with Gasteiger partial charge in [0.2, 0.25) is 0 Å². The molecule has 8 heteroatoms. The van der Waals surface area contributed by atoms with E-state index in [-0.39, 0.29) is 6.04 Å². The van der Waals surface area contributed by atoms with E-state index < -0.39 is 0 Å². The minimum absolute atomic E-state index is 0.184. The molecule has 0 aliphatic carbocycles. The van der Waals surface area contributed by atoms with Gasteiger partial charge in [-0.2, -0.15) is 10.2 Å². The highest BCUT2D eigenvalue weighted by atomic mass is 15.4. The van der Waals surface area contributed by atoms with Crippen LogP contribution in [0.4, 0.5) is 0 Å². The normalized spacial score (nSPS) is 11.6. The summed E-state index contributed by atoms with van der Waals surface area (Å²) in [5.74, 6) is 1.52. The van der Waals surface area contributed by atoms with Crippen LogP contribution >= 0.6 is 0 Å². The van der Waals surface area contributed by atoms with Crippen LogP contribution in [0, 0.1) is 13.8 Å². The number of aromatic nitrogens is 8. The van der Waals surface area contributed by atoms with Gasteiger partial charge in [-0.05, 0) is 45.9 Å². The van der Waals surface area contributed by atoms with Crippen molar-refractivity contribution in [2.75, 3.05) is 0 Å². The average Bonchev–Trinajstić information content (AvgIpc) is 3.26. The fraction of sp³-hybridized carbons (Fsp3) is 0.333. The standard InChI is InChI=1S/C18H20N8/c1-11(2)26-18(23-17(24-26)8-25-10-19-9-20-25)14-5-6-15-16(7-14)22-13(4)12(3)21-15/h5-7,9-11H,8H2,1-4H3. The molecule has 0 N–H and O–H groups in total. The Hall–Kier alpha value is -3.16. The minimum atomic E-state index is 0.184. The molecule has 0 unspecified atom stereocenters. The van der Waals surface area contributed by atoms with Gasteiger partial charge in [0, 0.05) is 11.6 Å². The van der Waals surface area contributed by atoms with Crippen LogP contribution in [0.3, 0.4) is 0 Å². The van der Waals surface area contributed by atoms with Crippen molar-refractivity contribution in [3.05, 3.63) is 48.1 Å². The fourth-order valence-corrected chi connectivity index (χ4v) is 2.82. The van der Waals surface area contributed by atoms with Gasteiger partial charge < -0.3 is 0 Å². The maximum atomic E-state index is 4.74. The zero-order valence-corrected chi connectivity index (χ0v) is 15.2. The van der Waals surface area contributed by atoms with E-state index in [1.165, 1.54) is 6.33 Å². The Morgan fingerprint density at radius 2 is 1.77 bits per heavy atom. The van der Waals surface area contributed by atoms with Gasteiger partial charge in [-0.1, -0.05) is 0 Å². The van der Waals surface area contributed by atoms with Gasteiger partial charge in [0.1, 0.15) is 19.2 Å². The number of fused-ring (bicyclic) bond motifs is 1. The Labute approximate surface area is 151 Å². The quantitative estimate of drug-likeness (QED) is 0.563. The second kappa shape index (κ2) is 6.29. The summed E-state index contributed by atoms with van der Waals surface area (Å²) in [4.78, 5) is 18.0. The summed E-state index contributed by atoms with van der Waals surface area (Å²) < 4.78 is 3.64. The zero-order valence-electron chi connectivity index (χ0n) is 15.2. The molecule has 0 radical (unpaired) electrons. The largest absolute Gasteiger partial charge is 0.250 e. The summed E-state index contributed by atoms with van der Waals surface area (Å²) in [6.45, 7) is 8.61. The zero-order chi connectivity index (χ0) is 18.3. The van der Waals surface area contributed by atoms with Crippen molar-refractivity contribution in [3.63, 3.8) is 0 Å². The summed E-state index contributed by atoms with van der Waals surface area (Å²) in [7, 11) is 0. The molecule has 0 aliphatic heterocycles. The lowest BCUT2D eigenvalue weighted by Gasteiger charge is -2.10. The first kappa shape index (κ1) is 16.3. The van der Waals surface area contributed by atoms with Crippen LogP contribution < -0.4 is 0 Å². The van der Waals surface area contributed by atoms with Crippen LogP contribution in [0.5, 0.6) is 0 Å². The summed E-state index contributed by atoms with van der Waals surface area (Å²) in [5.41, 5.74) is 4.61. The molecule has 0 bridgehead atoms. The van der Waals surface area contributed by atoms with Crippen LogP contribution in [0.1, 0.15) is 37.1 Å². The molecule has 4 aromatic rings. The first-order valence-electron chi connectivity index (χ1n) is 8.54. The van der Waals surface area contributed by atoms with Crippen LogP contribution in [0.2, 0.25) is 0 Å². The van der Waals surface area contributed by atoms with E-state index in [2.05, 4.69) is 39.0 Å². The second-order valence-corrected chi connectivity index (χ2v) is 6.58. The third kappa shape index (κ3) is 2.94. The Bertz CT molecular complexity index is 1060. The maximum Gasteiger partial charge on any atom is 0.172 e. The van der Waals surface area contributed by atoms with Gasteiger partial charge >= 0.3 is 0 Å². The maximum absolute atomic E-state index is 4.74. The van der Waals surface area contributed by atoms with Gasteiger partial charge in [-0.3, -0.25) is 0 Å². The van der Waals surface area contributed by atoms with Crippen LogP contribution in [0.15, 0.2) is 30.9 Å². The van der Waals surface area contributed by atoms with E-state index in [0.29, 0.717) is 12.4 Å². The van der Waals surface area contributed by atoms with E-state index in [1.54, 1.807) is 11.0 Å². The third-order valence-electron chi connectivity index (χ3n) is 4.27. The first-order valence-corrected chi connectivity index (χ1v) is 8.54. The minimum Gasteiger partial charge on any atom is -0.250 e. The molecule has 0 amide bonds. The summed E-state index contributed by atoms with van der Waals surface area (Å²) in [6, 6.07) is 6.22. The molecule has 0 saturated carbocycles. The van der Waals surface area contributed by atoms with Crippen LogP contribution in [-0.4, -0.2) is 39.5 Å². The highest BCUT2D eigenvalue weighted by Crippen LogP contribution is 2.24. The Morgan fingerprint density at radius 1 is 1.00 bits per heavy atom. The number of nitrogens with zero attached hydrogens (tertiary/aromatic N) is 8. The molecular formula is C18H20N8. The predicted molar refractivity (Wildman–Crippen MR) is 97.5 cm³/mol. The molecule has 0 aliphatic rings. The molecule has 0 saturated heterocycles. The van der Waals surface area contributed by atoms with E-state index in [4.69, 9.17) is 4.98 Å². The molecule has 0 fully saturated rings. The summed E-state index contributed by atoms with van der Waals surface area (Å²) in [6.07, 6.45) is 3.17. The molecule has 4 rings (SSSR count). The van der Waals surface area contributed by atoms with Gasteiger partial charge in [0.05, 0.1) is 22.4 Å². The van der Waals surface area contributed by atoms with Crippen molar-refractivity contribution in [1.82, 2.24) is 39.5 Å². The van der Waals surface area contributed by atoms with Crippen molar-refractivity contribution >= 4 is 11.0 Å². The van der Waals surface area contributed by atoms with Crippen molar-refractivity contribution < 1.29 is 0 Å².